The Balaban J connectivity index is 0.00000196. The Morgan fingerprint density at radius 3 is 1.50 bits per heavy atom. The summed E-state index contributed by atoms with van der Waals surface area (Å²) >= 11 is 3.57. The molecule has 0 aliphatic carbocycles. The van der Waals surface area contributed by atoms with E-state index < -0.39 is 0 Å². The molecule has 0 saturated heterocycles. The van der Waals surface area contributed by atoms with E-state index in [9.17, 15) is 0 Å². The van der Waals surface area contributed by atoms with E-state index >= 15 is 0 Å². The van der Waals surface area contributed by atoms with Crippen LogP contribution in [-0.2, 0) is 0 Å². The van der Waals surface area contributed by atoms with Gasteiger partial charge in [0.05, 0.1) is 0 Å². The lowest BCUT2D eigenvalue weighted by molar-refractivity contribution is 1.32. The molecule has 26 heavy (non-hydrogen) atoms. The second-order valence-corrected chi connectivity index (χ2v) is 6.71. The molecule has 0 fully saturated rings. The van der Waals surface area contributed by atoms with Gasteiger partial charge in [-0.05, 0) is 64.7 Å². The molecule has 0 atom stereocenters. The first kappa shape index (κ1) is 18.0. The second kappa shape index (κ2) is 8.07. The number of aromatic nitrogens is 2. The minimum atomic E-state index is 0. The molecule has 4 aromatic rings. The fourth-order valence-corrected chi connectivity index (χ4v) is 3.26. The van der Waals surface area contributed by atoms with Gasteiger partial charge in [-0.2, -0.15) is 0 Å². The van der Waals surface area contributed by atoms with Crippen LogP contribution in [0.2, 0.25) is 0 Å². The van der Waals surface area contributed by atoms with Crippen molar-refractivity contribution >= 4 is 15.9 Å². The first-order chi connectivity index (χ1) is 12.3. The predicted octanol–water partition coefficient (Wildman–Crippen LogP) is 6.88. The number of pyridine rings is 2. The summed E-state index contributed by atoms with van der Waals surface area (Å²) in [6.45, 7) is 0. The topological polar surface area (TPSA) is 25.8 Å². The van der Waals surface area contributed by atoms with Gasteiger partial charge in [0, 0.05) is 40.4 Å². The van der Waals surface area contributed by atoms with Crippen LogP contribution in [-0.4, -0.2) is 9.97 Å². The van der Waals surface area contributed by atoms with Crippen molar-refractivity contribution in [2.45, 2.75) is 7.43 Å². The van der Waals surface area contributed by atoms with Crippen molar-refractivity contribution in [3.8, 4) is 33.4 Å². The van der Waals surface area contributed by atoms with Crippen molar-refractivity contribution in [2.24, 2.45) is 0 Å². The molecule has 128 valence electrons. The van der Waals surface area contributed by atoms with E-state index in [1.807, 2.05) is 30.6 Å². The fraction of sp³-hybridized carbons (Fsp3) is 0.0435. The molecule has 0 bridgehead atoms. The third-order valence-corrected chi connectivity index (χ3v) is 4.57. The number of benzene rings is 2. The predicted molar refractivity (Wildman–Crippen MR) is 113 cm³/mol. The van der Waals surface area contributed by atoms with E-state index in [0.29, 0.717) is 0 Å². The van der Waals surface area contributed by atoms with Crippen molar-refractivity contribution in [3.05, 3.63) is 96.0 Å². The fourth-order valence-electron chi connectivity index (χ4n) is 2.86. The Morgan fingerprint density at radius 2 is 1.04 bits per heavy atom. The minimum absolute atomic E-state index is 0. The van der Waals surface area contributed by atoms with Gasteiger partial charge in [0.15, 0.2) is 0 Å². The van der Waals surface area contributed by atoms with Gasteiger partial charge in [0.2, 0.25) is 0 Å². The molecule has 0 aliphatic rings. The van der Waals surface area contributed by atoms with Gasteiger partial charge in [0.25, 0.3) is 0 Å². The normalized spacial score (nSPS) is 10.2. The summed E-state index contributed by atoms with van der Waals surface area (Å²) in [4.78, 5) is 8.52. The van der Waals surface area contributed by atoms with Crippen LogP contribution in [0.1, 0.15) is 7.43 Å². The molecule has 0 spiro atoms. The summed E-state index contributed by atoms with van der Waals surface area (Å²) in [6, 6.07) is 23.1. The summed E-state index contributed by atoms with van der Waals surface area (Å²) in [5.41, 5.74) is 6.83. The number of hydrogen-bond donors (Lipinski definition) is 0. The molecule has 2 aromatic carbocycles. The molecular formula is C23H19BrN2. The second-order valence-electron chi connectivity index (χ2n) is 5.79. The quantitative estimate of drug-likeness (QED) is 0.373. The summed E-state index contributed by atoms with van der Waals surface area (Å²) in [5, 5.41) is 0. The summed E-state index contributed by atoms with van der Waals surface area (Å²) in [7, 11) is 0. The molecule has 0 N–H and O–H groups in total. The van der Waals surface area contributed by atoms with Crippen LogP contribution in [0.25, 0.3) is 33.4 Å². The highest BCUT2D eigenvalue weighted by Crippen LogP contribution is 2.33. The average molecular weight is 403 g/mol. The number of halogens is 1. The molecular weight excluding hydrogens is 384 g/mol. The Kier molecular flexibility index (Phi) is 5.59. The maximum absolute atomic E-state index is 4.26. The molecule has 2 heterocycles. The van der Waals surface area contributed by atoms with Gasteiger partial charge >= 0.3 is 0 Å². The molecule has 2 nitrogen and oxygen atoms in total. The van der Waals surface area contributed by atoms with Crippen LogP contribution >= 0.6 is 15.9 Å². The van der Waals surface area contributed by atoms with Crippen LogP contribution < -0.4 is 0 Å². The third-order valence-electron chi connectivity index (χ3n) is 4.08. The zero-order chi connectivity index (χ0) is 17.1. The van der Waals surface area contributed by atoms with Gasteiger partial charge in [-0.15, -0.1) is 0 Å². The molecule has 3 heteroatoms. The Labute approximate surface area is 162 Å². The summed E-state index contributed by atoms with van der Waals surface area (Å²) in [5.74, 6) is 0. The third kappa shape index (κ3) is 3.89. The van der Waals surface area contributed by atoms with E-state index in [1.54, 1.807) is 12.4 Å². The molecule has 2 aromatic heterocycles. The lowest BCUT2D eigenvalue weighted by Crippen LogP contribution is -1.87. The monoisotopic (exact) mass is 402 g/mol. The lowest BCUT2D eigenvalue weighted by Gasteiger charge is -2.11. The van der Waals surface area contributed by atoms with Crippen LogP contribution in [0, 0.1) is 0 Å². The SMILES string of the molecule is Brc1cccc(-c2cc(-c3cccnc3)cc(-c3cccnc3)c2)c1.C. The average Bonchev–Trinajstić information content (AvgIpc) is 2.69. The Morgan fingerprint density at radius 1 is 0.538 bits per heavy atom. The van der Waals surface area contributed by atoms with Crippen molar-refractivity contribution in [1.29, 1.82) is 0 Å². The van der Waals surface area contributed by atoms with Gasteiger partial charge in [0.1, 0.15) is 0 Å². The number of rotatable bonds is 3. The molecule has 0 radical (unpaired) electrons. The van der Waals surface area contributed by atoms with Crippen LogP contribution in [0.4, 0.5) is 0 Å². The first-order valence-electron chi connectivity index (χ1n) is 8.01. The zero-order valence-electron chi connectivity index (χ0n) is 13.4. The van der Waals surface area contributed by atoms with Gasteiger partial charge in [-0.25, -0.2) is 0 Å². The van der Waals surface area contributed by atoms with Crippen molar-refractivity contribution in [2.75, 3.05) is 0 Å². The highest BCUT2D eigenvalue weighted by Gasteiger charge is 2.08. The number of nitrogens with zero attached hydrogens (tertiary/aromatic N) is 2. The van der Waals surface area contributed by atoms with Crippen LogP contribution in [0.5, 0.6) is 0 Å². The summed E-state index contributed by atoms with van der Waals surface area (Å²) < 4.78 is 1.07. The van der Waals surface area contributed by atoms with E-state index in [1.165, 1.54) is 11.1 Å². The Bertz CT molecular complexity index is 941. The maximum Gasteiger partial charge on any atom is 0.0346 e. The van der Waals surface area contributed by atoms with Crippen LogP contribution in [0.15, 0.2) is 96.0 Å². The lowest BCUT2D eigenvalue weighted by atomic mass is 9.94. The van der Waals surface area contributed by atoms with E-state index in [4.69, 9.17) is 0 Å². The first-order valence-corrected chi connectivity index (χ1v) is 8.81. The molecule has 0 aliphatic heterocycles. The standard InChI is InChI=1S/C22H15BrN2.CH4/c23-22-7-1-4-16(13-22)19-10-20(17-5-2-8-24-14-17)12-21(11-19)18-6-3-9-25-15-18;/h1-15H;1H4. The Hall–Kier alpha value is -2.78. The highest BCUT2D eigenvalue weighted by molar-refractivity contribution is 9.10. The zero-order valence-corrected chi connectivity index (χ0v) is 15.0. The molecule has 0 saturated carbocycles. The molecule has 0 unspecified atom stereocenters. The van der Waals surface area contributed by atoms with Gasteiger partial charge in [-0.1, -0.05) is 47.6 Å². The molecule has 4 rings (SSSR count). The minimum Gasteiger partial charge on any atom is -0.264 e. The van der Waals surface area contributed by atoms with E-state index in [-0.39, 0.29) is 7.43 Å². The van der Waals surface area contributed by atoms with E-state index in [0.717, 1.165) is 26.7 Å². The van der Waals surface area contributed by atoms with Gasteiger partial charge < -0.3 is 0 Å². The summed E-state index contributed by atoms with van der Waals surface area (Å²) in [6.07, 6.45) is 7.38. The van der Waals surface area contributed by atoms with Crippen molar-refractivity contribution < 1.29 is 0 Å². The van der Waals surface area contributed by atoms with Crippen LogP contribution in [0.3, 0.4) is 0 Å². The van der Waals surface area contributed by atoms with Gasteiger partial charge in [-0.3, -0.25) is 9.97 Å². The van der Waals surface area contributed by atoms with Crippen molar-refractivity contribution in [1.82, 2.24) is 9.97 Å². The smallest absolute Gasteiger partial charge is 0.0346 e. The van der Waals surface area contributed by atoms with Crippen molar-refractivity contribution in [3.63, 3.8) is 0 Å². The van der Waals surface area contributed by atoms with E-state index in [2.05, 4.69) is 74.4 Å². The largest absolute Gasteiger partial charge is 0.264 e. The number of hydrogen-bond acceptors (Lipinski definition) is 2. The molecule has 0 amide bonds. The highest BCUT2D eigenvalue weighted by atomic mass is 79.9. The maximum atomic E-state index is 4.26.